The highest BCUT2D eigenvalue weighted by Crippen LogP contribution is 2.41. The second kappa shape index (κ2) is 4.55. The Bertz CT molecular complexity index is 635. The van der Waals surface area contributed by atoms with Gasteiger partial charge in [-0.05, 0) is 31.0 Å². The second-order valence-corrected chi connectivity index (χ2v) is 5.44. The van der Waals surface area contributed by atoms with Crippen molar-refractivity contribution in [3.05, 3.63) is 34.8 Å². The van der Waals surface area contributed by atoms with Crippen molar-refractivity contribution in [3.63, 3.8) is 0 Å². The van der Waals surface area contributed by atoms with Gasteiger partial charge in [-0.3, -0.25) is 0 Å². The van der Waals surface area contributed by atoms with Crippen molar-refractivity contribution in [3.8, 4) is 0 Å². The van der Waals surface area contributed by atoms with E-state index in [1.54, 1.807) is 6.07 Å². The van der Waals surface area contributed by atoms with Crippen LogP contribution in [-0.2, 0) is 0 Å². The summed E-state index contributed by atoms with van der Waals surface area (Å²) in [5.41, 5.74) is 8.24. The molecule has 5 nitrogen and oxygen atoms in total. The molecule has 0 aliphatic heterocycles. The van der Waals surface area contributed by atoms with Crippen molar-refractivity contribution in [1.29, 1.82) is 0 Å². The molecule has 0 saturated heterocycles. The van der Waals surface area contributed by atoms with Gasteiger partial charge in [-0.2, -0.15) is 0 Å². The molecule has 1 saturated carbocycles. The number of hydrogen-bond donors (Lipinski definition) is 3. The number of benzene rings is 1. The van der Waals surface area contributed by atoms with Crippen LogP contribution in [0, 0.1) is 0 Å². The predicted molar refractivity (Wildman–Crippen MR) is 75.2 cm³/mol. The first kappa shape index (κ1) is 12.0. The number of aromatic carboxylic acids is 1. The van der Waals surface area contributed by atoms with Crippen LogP contribution >= 0.6 is 11.3 Å². The summed E-state index contributed by atoms with van der Waals surface area (Å²) in [5, 5.41) is 14.9. The number of anilines is 3. The van der Waals surface area contributed by atoms with Crippen molar-refractivity contribution in [2.75, 3.05) is 11.1 Å². The molecule has 1 aliphatic carbocycles. The summed E-state index contributed by atoms with van der Waals surface area (Å²) in [4.78, 5) is 15.3. The highest BCUT2D eigenvalue weighted by atomic mass is 32.1. The molecule has 2 aromatic rings. The van der Waals surface area contributed by atoms with Crippen LogP contribution < -0.4 is 11.1 Å². The Hall–Kier alpha value is -2.08. The maximum absolute atomic E-state index is 10.8. The molecular formula is C13H13N3O2S. The van der Waals surface area contributed by atoms with Crippen LogP contribution in [-0.4, -0.2) is 16.1 Å². The van der Waals surface area contributed by atoms with E-state index >= 15 is 0 Å². The lowest BCUT2D eigenvalue weighted by Crippen LogP contribution is -2.01. The lowest BCUT2D eigenvalue weighted by Gasteiger charge is -2.07. The third kappa shape index (κ3) is 2.53. The third-order valence-electron chi connectivity index (χ3n) is 3.06. The smallest absolute Gasteiger partial charge is 0.335 e. The molecule has 1 aromatic carbocycles. The molecule has 0 atom stereocenters. The number of carboxylic acids is 1. The zero-order chi connectivity index (χ0) is 13.4. The number of carbonyl (C=O) groups is 1. The minimum absolute atomic E-state index is 0.181. The first-order valence-corrected chi connectivity index (χ1v) is 6.86. The van der Waals surface area contributed by atoms with Crippen LogP contribution in [0.5, 0.6) is 0 Å². The van der Waals surface area contributed by atoms with E-state index < -0.39 is 5.97 Å². The first-order chi connectivity index (χ1) is 9.13. The summed E-state index contributed by atoms with van der Waals surface area (Å²) in [5.74, 6) is -0.359. The molecule has 0 bridgehead atoms. The molecule has 4 N–H and O–H groups in total. The highest BCUT2D eigenvalue weighted by molar-refractivity contribution is 7.13. The molecule has 1 heterocycles. The lowest BCUT2D eigenvalue weighted by molar-refractivity contribution is 0.0697. The third-order valence-corrected chi connectivity index (χ3v) is 3.83. The topological polar surface area (TPSA) is 88.2 Å². The largest absolute Gasteiger partial charge is 0.478 e. The molecule has 98 valence electrons. The van der Waals surface area contributed by atoms with Crippen molar-refractivity contribution in [2.45, 2.75) is 18.8 Å². The number of nitrogens with two attached hydrogens (primary N) is 1. The fraction of sp³-hybridized carbons (Fsp3) is 0.231. The predicted octanol–water partition coefficient (Wildman–Crippen LogP) is 3.04. The maximum atomic E-state index is 10.8. The fourth-order valence-corrected chi connectivity index (χ4v) is 2.64. The summed E-state index contributed by atoms with van der Waals surface area (Å²) in [6.07, 6.45) is 2.44. The summed E-state index contributed by atoms with van der Waals surface area (Å²) in [7, 11) is 0. The Morgan fingerprint density at radius 1 is 1.47 bits per heavy atom. The number of thiazole rings is 1. The molecule has 6 heteroatoms. The zero-order valence-electron chi connectivity index (χ0n) is 10.1. The summed E-state index contributed by atoms with van der Waals surface area (Å²) in [6, 6.07) is 4.63. The Kier molecular flexibility index (Phi) is 2.87. The zero-order valence-corrected chi connectivity index (χ0v) is 10.9. The molecule has 19 heavy (non-hydrogen) atoms. The van der Waals surface area contributed by atoms with E-state index in [1.165, 1.54) is 36.3 Å². The van der Waals surface area contributed by atoms with E-state index in [-0.39, 0.29) is 5.56 Å². The van der Waals surface area contributed by atoms with Crippen LogP contribution in [0.2, 0.25) is 0 Å². The normalized spacial score (nSPS) is 14.3. The molecule has 0 spiro atoms. The van der Waals surface area contributed by atoms with E-state index in [2.05, 4.69) is 15.7 Å². The molecule has 1 aliphatic rings. The summed E-state index contributed by atoms with van der Waals surface area (Å²) >= 11 is 1.54. The van der Waals surface area contributed by atoms with Crippen LogP contribution in [0.4, 0.5) is 16.5 Å². The molecule has 1 aromatic heterocycles. The van der Waals surface area contributed by atoms with E-state index in [4.69, 9.17) is 10.8 Å². The number of nitrogen functional groups attached to an aromatic ring is 1. The SMILES string of the molecule is Nc1cc(C(=O)O)ccc1Nc1nc(C2CC2)cs1. The van der Waals surface area contributed by atoms with Crippen molar-refractivity contribution in [1.82, 2.24) is 4.98 Å². The average molecular weight is 275 g/mol. The highest BCUT2D eigenvalue weighted by Gasteiger charge is 2.26. The van der Waals surface area contributed by atoms with Gasteiger partial charge in [-0.25, -0.2) is 9.78 Å². The number of carboxylic acid groups (broad SMARTS) is 1. The molecule has 0 radical (unpaired) electrons. The van der Waals surface area contributed by atoms with Gasteiger partial charge in [0.15, 0.2) is 5.13 Å². The van der Waals surface area contributed by atoms with Gasteiger partial charge in [-0.15, -0.1) is 11.3 Å². The Morgan fingerprint density at radius 2 is 2.26 bits per heavy atom. The van der Waals surface area contributed by atoms with Gasteiger partial charge in [0, 0.05) is 11.3 Å². The van der Waals surface area contributed by atoms with Gasteiger partial charge in [0.2, 0.25) is 0 Å². The minimum Gasteiger partial charge on any atom is -0.478 e. The van der Waals surface area contributed by atoms with Gasteiger partial charge in [-0.1, -0.05) is 0 Å². The van der Waals surface area contributed by atoms with Crippen LogP contribution in [0.15, 0.2) is 23.6 Å². The van der Waals surface area contributed by atoms with E-state index in [9.17, 15) is 4.79 Å². The maximum Gasteiger partial charge on any atom is 0.335 e. The molecule has 0 amide bonds. The van der Waals surface area contributed by atoms with Crippen molar-refractivity contribution >= 4 is 33.8 Å². The molecule has 1 fully saturated rings. The number of aromatic nitrogens is 1. The molecule has 0 unspecified atom stereocenters. The van der Waals surface area contributed by atoms with Crippen molar-refractivity contribution in [2.24, 2.45) is 0 Å². The number of nitrogens with zero attached hydrogens (tertiary/aromatic N) is 1. The van der Waals surface area contributed by atoms with Gasteiger partial charge < -0.3 is 16.2 Å². The Morgan fingerprint density at radius 3 is 2.89 bits per heavy atom. The fourth-order valence-electron chi connectivity index (χ4n) is 1.83. The number of nitrogens with one attached hydrogen (secondary N) is 1. The summed E-state index contributed by atoms with van der Waals surface area (Å²) < 4.78 is 0. The van der Waals surface area contributed by atoms with Gasteiger partial charge >= 0.3 is 5.97 Å². The van der Waals surface area contributed by atoms with Gasteiger partial charge in [0.05, 0.1) is 22.6 Å². The van der Waals surface area contributed by atoms with Crippen LogP contribution in [0.3, 0.4) is 0 Å². The van der Waals surface area contributed by atoms with Crippen LogP contribution in [0.25, 0.3) is 0 Å². The second-order valence-electron chi connectivity index (χ2n) is 4.58. The van der Waals surface area contributed by atoms with E-state index in [1.807, 2.05) is 0 Å². The molecule has 3 rings (SSSR count). The van der Waals surface area contributed by atoms with E-state index in [0.717, 1.165) is 10.8 Å². The minimum atomic E-state index is -0.983. The lowest BCUT2D eigenvalue weighted by atomic mass is 10.2. The van der Waals surface area contributed by atoms with Crippen LogP contribution in [0.1, 0.15) is 34.8 Å². The van der Waals surface area contributed by atoms with E-state index in [0.29, 0.717) is 17.3 Å². The van der Waals surface area contributed by atoms with Gasteiger partial charge in [0.1, 0.15) is 0 Å². The average Bonchev–Trinajstić information content (AvgIpc) is 3.12. The number of hydrogen-bond acceptors (Lipinski definition) is 5. The quantitative estimate of drug-likeness (QED) is 0.746. The Balaban J connectivity index is 1.79. The summed E-state index contributed by atoms with van der Waals surface area (Å²) in [6.45, 7) is 0. The van der Waals surface area contributed by atoms with Gasteiger partial charge in [0.25, 0.3) is 0 Å². The molecular weight excluding hydrogens is 262 g/mol. The van der Waals surface area contributed by atoms with Crippen molar-refractivity contribution < 1.29 is 9.90 Å². The Labute approximate surface area is 114 Å². The standard InChI is InChI=1S/C13H13N3O2S/c14-9-5-8(12(17)18)3-4-10(9)15-13-16-11(6-19-13)7-1-2-7/h3-7H,1-2,14H2,(H,15,16)(H,17,18). The number of rotatable bonds is 4. The monoisotopic (exact) mass is 275 g/mol. The first-order valence-electron chi connectivity index (χ1n) is 5.99.